The first-order valence-corrected chi connectivity index (χ1v) is 25.3. The Morgan fingerprint density at radius 2 is 1.09 bits per heavy atom. The summed E-state index contributed by atoms with van der Waals surface area (Å²) >= 11 is 7.42. The van der Waals surface area contributed by atoms with E-state index >= 15 is 0 Å². The Morgan fingerprint density at radius 3 is 1.64 bits per heavy atom. The Morgan fingerprint density at radius 1 is 0.536 bits per heavy atom. The first-order chi connectivity index (χ1) is 27.3. The summed E-state index contributed by atoms with van der Waals surface area (Å²) in [6.07, 6.45) is 20.5. The number of aryl methyl sites for hydroxylation is 2. The molecule has 0 spiro atoms. The molecule has 7 heteroatoms. The molecule has 2 atom stereocenters. The predicted molar refractivity (Wildman–Crippen MR) is 253 cm³/mol. The van der Waals surface area contributed by atoms with Crippen molar-refractivity contribution in [2.24, 2.45) is 11.8 Å². The van der Waals surface area contributed by atoms with Gasteiger partial charge in [-0.3, -0.25) is 0 Å². The van der Waals surface area contributed by atoms with E-state index in [0.29, 0.717) is 18.4 Å². The van der Waals surface area contributed by atoms with Crippen molar-refractivity contribution in [2.75, 3.05) is 19.8 Å². The Hall–Kier alpha value is -2.32. The maximum absolute atomic E-state index is 7.12. The number of fused-ring (bicyclic) bond motifs is 2. The Labute approximate surface area is 355 Å². The third-order valence-electron chi connectivity index (χ3n) is 11.1. The smallest absolute Gasteiger partial charge is 0.146 e. The maximum Gasteiger partial charge on any atom is 0.146 e. The summed E-state index contributed by atoms with van der Waals surface area (Å²) in [6.45, 7) is 20.1. The summed E-state index contributed by atoms with van der Waals surface area (Å²) in [5, 5.41) is 2.45. The number of thiophene rings is 4. The molecule has 0 N–H and O–H groups in total. The molecule has 0 aliphatic heterocycles. The van der Waals surface area contributed by atoms with Gasteiger partial charge in [0.25, 0.3) is 0 Å². The topological polar surface area (TPSA) is 27.7 Å². The number of rotatable bonds is 27. The maximum atomic E-state index is 7.12. The minimum Gasteiger partial charge on any atom is -0.492 e. The van der Waals surface area contributed by atoms with Gasteiger partial charge in [0.05, 0.1) is 34.1 Å². The van der Waals surface area contributed by atoms with Crippen molar-refractivity contribution in [3.05, 3.63) is 55.9 Å². The lowest BCUT2D eigenvalue weighted by atomic mass is 9.96. The summed E-state index contributed by atoms with van der Waals surface area (Å²) in [6, 6.07) is 13.7. The van der Waals surface area contributed by atoms with Crippen LogP contribution in [0.2, 0.25) is 0 Å². The third-order valence-corrected chi connectivity index (χ3v) is 15.7. The molecule has 4 heterocycles. The van der Waals surface area contributed by atoms with E-state index in [0.717, 1.165) is 30.5 Å². The zero-order valence-electron chi connectivity index (χ0n) is 35.9. The van der Waals surface area contributed by atoms with Crippen LogP contribution >= 0.6 is 45.3 Å². The zero-order chi connectivity index (χ0) is 39.9. The molecule has 308 valence electrons. The summed E-state index contributed by atoms with van der Waals surface area (Å²) in [5.74, 6) is 4.30. The van der Waals surface area contributed by atoms with Crippen LogP contribution in [-0.4, -0.2) is 19.8 Å². The quantitative estimate of drug-likeness (QED) is 0.0390. The Balaban J connectivity index is 1.56. The van der Waals surface area contributed by atoms with Crippen molar-refractivity contribution in [3.63, 3.8) is 0 Å². The van der Waals surface area contributed by atoms with Crippen molar-refractivity contribution in [2.45, 2.75) is 158 Å². The molecular formula is C49H70O3S4. The molecule has 0 radical (unpaired) electrons. The van der Waals surface area contributed by atoms with Crippen LogP contribution in [0.4, 0.5) is 0 Å². The van der Waals surface area contributed by atoms with Crippen LogP contribution in [0.25, 0.3) is 41.3 Å². The second kappa shape index (κ2) is 23.3. The Bertz CT molecular complexity index is 1850. The molecule has 2 unspecified atom stereocenters. The van der Waals surface area contributed by atoms with E-state index in [1.54, 1.807) is 11.3 Å². The fourth-order valence-corrected chi connectivity index (χ4v) is 12.0. The average Bonchev–Trinajstić information content (AvgIpc) is 4.02. The number of ether oxygens (including phenoxy) is 3. The number of allylic oxidation sites excluding steroid dienone is 1. The van der Waals surface area contributed by atoms with E-state index in [4.69, 9.17) is 14.2 Å². The van der Waals surface area contributed by atoms with Crippen molar-refractivity contribution in [1.82, 2.24) is 0 Å². The molecule has 5 aromatic rings. The highest BCUT2D eigenvalue weighted by molar-refractivity contribution is 7.27. The largest absolute Gasteiger partial charge is 0.492 e. The lowest BCUT2D eigenvalue weighted by Gasteiger charge is -2.21. The zero-order valence-corrected chi connectivity index (χ0v) is 39.2. The van der Waals surface area contributed by atoms with Gasteiger partial charge in [-0.05, 0) is 102 Å². The second-order valence-electron chi connectivity index (χ2n) is 15.9. The number of hydrogen-bond acceptors (Lipinski definition) is 7. The van der Waals surface area contributed by atoms with Crippen LogP contribution in [0.15, 0.2) is 36.4 Å². The number of hydrogen-bond donors (Lipinski definition) is 0. The Kier molecular flexibility index (Phi) is 18.6. The molecule has 0 bridgehead atoms. The van der Waals surface area contributed by atoms with Crippen LogP contribution in [0, 0.1) is 25.7 Å². The normalized spacial score (nSPS) is 13.4. The van der Waals surface area contributed by atoms with E-state index < -0.39 is 0 Å². The third kappa shape index (κ3) is 12.1. The molecule has 0 fully saturated rings. The molecule has 4 aromatic heterocycles. The SMILES string of the molecule is CCCCCCC(CCCC)COc1c2cc(-c3ccc(/C(C)=C(\OCC)c4ccc(C)s4)s3)sc2c(OCC(CCCC)CCCCCC)c2cc(C)sc12. The van der Waals surface area contributed by atoms with Gasteiger partial charge < -0.3 is 14.2 Å². The van der Waals surface area contributed by atoms with Crippen molar-refractivity contribution < 1.29 is 14.2 Å². The van der Waals surface area contributed by atoms with Crippen molar-refractivity contribution in [3.8, 4) is 21.3 Å². The standard InChI is InChI=1S/C49H70O3S4/c1-9-14-18-20-24-37(22-16-11-3)32-51-46-39-30-35(7)54-48(39)47(52-33-38(23-17-12-4)25-21-19-15-10-2)40-31-44(56-49(40)46)42-29-28-41(55-42)36(8)45(50-13-5)43-27-26-34(6)53-43/h26-31,37-38H,9-25,32-33H2,1-8H3/b45-36-. The lowest BCUT2D eigenvalue weighted by Crippen LogP contribution is -2.14. The minimum absolute atomic E-state index is 0.584. The fraction of sp³-hybridized carbons (Fsp3) is 0.592. The number of unbranched alkanes of at least 4 members (excludes halogenated alkanes) is 8. The van der Waals surface area contributed by atoms with Crippen LogP contribution in [-0.2, 0) is 4.74 Å². The molecule has 0 aliphatic rings. The van der Waals surface area contributed by atoms with E-state index in [1.165, 1.54) is 158 Å². The molecule has 3 nitrogen and oxygen atoms in total. The molecule has 0 amide bonds. The van der Waals surface area contributed by atoms with Gasteiger partial charge in [-0.2, -0.15) is 0 Å². The van der Waals surface area contributed by atoms with E-state index in [1.807, 2.05) is 34.0 Å². The van der Waals surface area contributed by atoms with Gasteiger partial charge in [0.15, 0.2) is 0 Å². The van der Waals surface area contributed by atoms with E-state index in [2.05, 4.69) is 91.8 Å². The van der Waals surface area contributed by atoms with Crippen molar-refractivity contribution in [1.29, 1.82) is 0 Å². The van der Waals surface area contributed by atoms with Gasteiger partial charge in [0.1, 0.15) is 17.3 Å². The lowest BCUT2D eigenvalue weighted by molar-refractivity contribution is 0.227. The van der Waals surface area contributed by atoms with Crippen LogP contribution in [0.5, 0.6) is 11.5 Å². The highest BCUT2D eigenvalue weighted by Crippen LogP contribution is 2.52. The summed E-state index contributed by atoms with van der Waals surface area (Å²) in [5.41, 5.74) is 1.20. The van der Waals surface area contributed by atoms with Gasteiger partial charge in [-0.25, -0.2) is 0 Å². The molecule has 1 aromatic carbocycles. The summed E-state index contributed by atoms with van der Waals surface area (Å²) < 4.78 is 23.0. The van der Waals surface area contributed by atoms with Gasteiger partial charge in [-0.1, -0.05) is 105 Å². The highest BCUT2D eigenvalue weighted by Gasteiger charge is 2.24. The second-order valence-corrected chi connectivity index (χ2v) is 20.6. The van der Waals surface area contributed by atoms with E-state index in [9.17, 15) is 0 Å². The van der Waals surface area contributed by atoms with Gasteiger partial charge in [-0.15, -0.1) is 45.3 Å². The molecule has 5 rings (SSSR count). The van der Waals surface area contributed by atoms with Crippen LogP contribution < -0.4 is 9.47 Å². The van der Waals surface area contributed by atoms with Crippen LogP contribution in [0.1, 0.15) is 164 Å². The number of benzene rings is 1. The van der Waals surface area contributed by atoms with Crippen LogP contribution in [0.3, 0.4) is 0 Å². The molecule has 0 aliphatic carbocycles. The van der Waals surface area contributed by atoms with Gasteiger partial charge >= 0.3 is 0 Å². The highest BCUT2D eigenvalue weighted by atomic mass is 32.1. The van der Waals surface area contributed by atoms with E-state index in [-0.39, 0.29) is 0 Å². The molecule has 0 saturated heterocycles. The average molecular weight is 835 g/mol. The summed E-state index contributed by atoms with van der Waals surface area (Å²) in [4.78, 5) is 7.62. The molecule has 0 saturated carbocycles. The fourth-order valence-electron chi connectivity index (χ4n) is 7.81. The molecule has 56 heavy (non-hydrogen) atoms. The first-order valence-electron chi connectivity index (χ1n) is 22.1. The van der Waals surface area contributed by atoms with Gasteiger partial charge in [0.2, 0.25) is 0 Å². The molecular weight excluding hydrogens is 765 g/mol. The summed E-state index contributed by atoms with van der Waals surface area (Å²) in [7, 11) is 0. The van der Waals surface area contributed by atoms with Crippen molar-refractivity contribution >= 4 is 76.9 Å². The van der Waals surface area contributed by atoms with Gasteiger partial charge in [0, 0.05) is 40.7 Å². The monoisotopic (exact) mass is 834 g/mol. The predicted octanol–water partition coefficient (Wildman–Crippen LogP) is 17.8. The first kappa shape index (κ1) is 44.8. The minimum atomic E-state index is 0.584.